The van der Waals surface area contributed by atoms with Gasteiger partial charge in [-0.15, -0.1) is 11.3 Å². The summed E-state index contributed by atoms with van der Waals surface area (Å²) >= 11 is 1.08. The van der Waals surface area contributed by atoms with Crippen LogP contribution in [0.5, 0.6) is 0 Å². The van der Waals surface area contributed by atoms with Crippen LogP contribution >= 0.6 is 11.3 Å². The minimum atomic E-state index is -3.56. The van der Waals surface area contributed by atoms with Crippen molar-refractivity contribution in [3.8, 4) is 0 Å². The molecule has 0 aliphatic carbocycles. The lowest BCUT2D eigenvalue weighted by Crippen LogP contribution is -2.31. The lowest BCUT2D eigenvalue weighted by Gasteiger charge is -2.18. The molecule has 1 amide bonds. The summed E-state index contributed by atoms with van der Waals surface area (Å²) < 4.78 is 39.9. The Bertz CT molecular complexity index is 839. The van der Waals surface area contributed by atoms with Gasteiger partial charge in [0.1, 0.15) is 5.82 Å². The van der Waals surface area contributed by atoms with Crippen LogP contribution < -0.4 is 5.32 Å². The number of hydrogen-bond donors (Lipinski definition) is 1. The van der Waals surface area contributed by atoms with Crippen molar-refractivity contribution in [2.24, 2.45) is 0 Å². The number of nitrogens with zero attached hydrogens (tertiary/aromatic N) is 1. The quantitative estimate of drug-likeness (QED) is 0.877. The predicted molar refractivity (Wildman–Crippen MR) is 95.9 cm³/mol. The second-order valence-electron chi connectivity index (χ2n) is 5.93. The first-order chi connectivity index (χ1) is 12.0. The van der Waals surface area contributed by atoms with Crippen LogP contribution in [-0.2, 0) is 10.0 Å². The molecule has 3 rings (SSSR count). The van der Waals surface area contributed by atoms with Gasteiger partial charge in [-0.25, -0.2) is 12.8 Å². The zero-order valence-electron chi connectivity index (χ0n) is 13.6. The minimum absolute atomic E-state index is 0.156. The van der Waals surface area contributed by atoms with Crippen molar-refractivity contribution < 1.29 is 17.6 Å². The normalized spacial score (nSPS) is 16.4. The SMILES string of the molecule is O=C(Nc1ccc(F)cc1)c1cc(S(=O)(=O)N2CCCCCC2)cs1. The largest absolute Gasteiger partial charge is 0.321 e. The van der Waals surface area contributed by atoms with E-state index in [0.717, 1.165) is 37.0 Å². The summed E-state index contributed by atoms with van der Waals surface area (Å²) in [7, 11) is -3.56. The first-order valence-electron chi connectivity index (χ1n) is 8.12. The molecule has 1 aromatic carbocycles. The number of nitrogens with one attached hydrogen (secondary N) is 1. The van der Waals surface area contributed by atoms with Crippen LogP contribution in [0.4, 0.5) is 10.1 Å². The fourth-order valence-electron chi connectivity index (χ4n) is 2.73. The van der Waals surface area contributed by atoms with Gasteiger partial charge >= 0.3 is 0 Å². The van der Waals surface area contributed by atoms with Crippen molar-refractivity contribution >= 4 is 33.0 Å². The maximum Gasteiger partial charge on any atom is 0.265 e. The van der Waals surface area contributed by atoms with Crippen LogP contribution in [-0.4, -0.2) is 31.7 Å². The van der Waals surface area contributed by atoms with Crippen LogP contribution in [0.3, 0.4) is 0 Å². The van der Waals surface area contributed by atoms with Crippen LogP contribution in [0.25, 0.3) is 0 Å². The number of benzene rings is 1. The number of hydrogen-bond acceptors (Lipinski definition) is 4. The molecule has 0 unspecified atom stereocenters. The van der Waals surface area contributed by atoms with Crippen molar-refractivity contribution in [1.82, 2.24) is 4.31 Å². The predicted octanol–water partition coefficient (Wildman–Crippen LogP) is 3.70. The molecule has 2 aromatic rings. The fraction of sp³-hybridized carbons (Fsp3) is 0.353. The monoisotopic (exact) mass is 382 g/mol. The molecule has 1 N–H and O–H groups in total. The molecule has 0 saturated carbocycles. The number of carbonyl (C=O) groups excluding carboxylic acids is 1. The molecule has 1 fully saturated rings. The standard InChI is InChI=1S/C17H19FN2O3S2/c18-13-5-7-14(8-6-13)19-17(21)16-11-15(12-24-16)25(22,23)20-9-3-1-2-4-10-20/h5-8,11-12H,1-4,9-10H2,(H,19,21). The van der Waals surface area contributed by atoms with E-state index in [-0.39, 0.29) is 10.7 Å². The zero-order valence-corrected chi connectivity index (χ0v) is 15.2. The van der Waals surface area contributed by atoms with Gasteiger partial charge in [-0.1, -0.05) is 12.8 Å². The van der Waals surface area contributed by atoms with Gasteiger partial charge in [0, 0.05) is 24.2 Å². The van der Waals surface area contributed by atoms with Gasteiger partial charge in [0.25, 0.3) is 5.91 Å². The Hall–Kier alpha value is -1.77. The van der Waals surface area contributed by atoms with Crippen molar-refractivity contribution in [3.63, 3.8) is 0 Å². The molecule has 0 spiro atoms. The first kappa shape index (κ1) is 18.0. The molecule has 0 bridgehead atoms. The van der Waals surface area contributed by atoms with Gasteiger partial charge in [0.15, 0.2) is 0 Å². The molecule has 0 radical (unpaired) electrons. The summed E-state index contributed by atoms with van der Waals surface area (Å²) in [5, 5.41) is 4.14. The Labute approximate surface area is 150 Å². The second-order valence-corrected chi connectivity index (χ2v) is 8.78. The average Bonchev–Trinajstić information content (AvgIpc) is 2.93. The maximum atomic E-state index is 12.9. The molecule has 1 saturated heterocycles. The Morgan fingerprint density at radius 2 is 1.72 bits per heavy atom. The van der Waals surface area contributed by atoms with Crippen LogP contribution in [0, 0.1) is 5.82 Å². The lowest BCUT2D eigenvalue weighted by atomic mass is 10.2. The number of sulfonamides is 1. The molecule has 0 atom stereocenters. The molecule has 2 heterocycles. The van der Waals surface area contributed by atoms with Gasteiger partial charge in [0.2, 0.25) is 10.0 Å². The molecule has 1 aromatic heterocycles. The Morgan fingerprint density at radius 1 is 1.08 bits per heavy atom. The third kappa shape index (κ3) is 4.26. The van der Waals surface area contributed by atoms with Gasteiger partial charge in [-0.2, -0.15) is 4.31 Å². The smallest absolute Gasteiger partial charge is 0.265 e. The van der Waals surface area contributed by atoms with Crippen molar-refractivity contribution in [3.05, 3.63) is 46.4 Å². The highest BCUT2D eigenvalue weighted by Crippen LogP contribution is 2.25. The summed E-state index contributed by atoms with van der Waals surface area (Å²) in [5.74, 6) is -0.797. The zero-order chi connectivity index (χ0) is 17.9. The van der Waals surface area contributed by atoms with Crippen LogP contribution in [0.15, 0.2) is 40.6 Å². The summed E-state index contributed by atoms with van der Waals surface area (Å²) in [6.07, 6.45) is 3.81. The maximum absolute atomic E-state index is 12.9. The molecule has 134 valence electrons. The number of thiophene rings is 1. The van der Waals surface area contributed by atoms with E-state index >= 15 is 0 Å². The third-order valence-electron chi connectivity index (χ3n) is 4.10. The number of amides is 1. The second kappa shape index (κ2) is 7.63. The molecular formula is C17H19FN2O3S2. The van der Waals surface area contributed by atoms with E-state index in [0.29, 0.717) is 23.7 Å². The van der Waals surface area contributed by atoms with Crippen molar-refractivity contribution in [2.45, 2.75) is 30.6 Å². The highest BCUT2D eigenvalue weighted by Gasteiger charge is 2.27. The molecule has 25 heavy (non-hydrogen) atoms. The van der Waals surface area contributed by atoms with Gasteiger partial charge < -0.3 is 5.32 Å². The summed E-state index contributed by atoms with van der Waals surface area (Å²) in [5.41, 5.74) is 0.455. The molecule has 1 aliphatic heterocycles. The van der Waals surface area contributed by atoms with E-state index in [1.54, 1.807) is 0 Å². The lowest BCUT2D eigenvalue weighted by molar-refractivity contribution is 0.103. The van der Waals surface area contributed by atoms with E-state index in [2.05, 4.69) is 5.32 Å². The summed E-state index contributed by atoms with van der Waals surface area (Å²) in [4.78, 5) is 12.7. The summed E-state index contributed by atoms with van der Waals surface area (Å²) in [6, 6.07) is 6.81. The number of halogens is 1. The van der Waals surface area contributed by atoms with Crippen LogP contribution in [0.2, 0.25) is 0 Å². The first-order valence-corrected chi connectivity index (χ1v) is 10.4. The van der Waals surface area contributed by atoms with Gasteiger partial charge in [-0.05, 0) is 43.2 Å². The average molecular weight is 382 g/mol. The Balaban J connectivity index is 1.74. The third-order valence-corrected chi connectivity index (χ3v) is 7.06. The number of carbonyl (C=O) groups is 1. The fourth-order valence-corrected chi connectivity index (χ4v) is 5.40. The topological polar surface area (TPSA) is 66.5 Å². The molecule has 5 nitrogen and oxygen atoms in total. The van der Waals surface area contributed by atoms with Crippen molar-refractivity contribution in [1.29, 1.82) is 0 Å². The Kier molecular flexibility index (Phi) is 5.51. The van der Waals surface area contributed by atoms with E-state index in [1.165, 1.54) is 40.0 Å². The van der Waals surface area contributed by atoms with E-state index in [9.17, 15) is 17.6 Å². The highest BCUT2D eigenvalue weighted by molar-refractivity contribution is 7.89. The Morgan fingerprint density at radius 3 is 2.36 bits per heavy atom. The van der Waals surface area contributed by atoms with Crippen molar-refractivity contribution in [2.75, 3.05) is 18.4 Å². The number of anilines is 1. The van der Waals surface area contributed by atoms with E-state index in [4.69, 9.17) is 0 Å². The number of rotatable bonds is 4. The van der Waals surface area contributed by atoms with Gasteiger partial charge in [-0.3, -0.25) is 4.79 Å². The van der Waals surface area contributed by atoms with E-state index in [1.807, 2.05) is 0 Å². The minimum Gasteiger partial charge on any atom is -0.321 e. The molecular weight excluding hydrogens is 363 g/mol. The molecule has 8 heteroatoms. The van der Waals surface area contributed by atoms with Gasteiger partial charge in [0.05, 0.1) is 9.77 Å². The van der Waals surface area contributed by atoms with Crippen LogP contribution in [0.1, 0.15) is 35.4 Å². The highest BCUT2D eigenvalue weighted by atomic mass is 32.2. The summed E-state index contributed by atoms with van der Waals surface area (Å²) in [6.45, 7) is 1.05. The molecule has 1 aliphatic rings. The van der Waals surface area contributed by atoms with E-state index < -0.39 is 15.9 Å².